The quantitative estimate of drug-likeness (QED) is 0.619. The molecule has 2 heterocycles. The van der Waals surface area contributed by atoms with Crippen molar-refractivity contribution in [3.63, 3.8) is 0 Å². The van der Waals surface area contributed by atoms with Crippen LogP contribution in [0.1, 0.15) is 57.6 Å². The lowest BCUT2D eigenvalue weighted by molar-refractivity contribution is 0.101. The Morgan fingerprint density at radius 3 is 2.60 bits per heavy atom. The molecule has 30 heavy (non-hydrogen) atoms. The SMILES string of the molecule is Cc1ccc2cc(CN(CCO)[C@H](c3nnnn3C(C)(C)C)C(C)C)c(=O)[nH]c2c1. The standard InChI is InChI=1S/C22H32N6O2/c1-14(2)19(20-24-25-26-28(20)22(4,5)6)27(9-10-29)13-17-12-16-8-7-15(3)11-18(16)23-21(17)30/h7-8,11-12,14,19,29H,9-10,13H2,1-6H3,(H,23,30)/t19-/m0/s1. The number of tetrazole rings is 1. The number of aryl methyl sites for hydroxylation is 1. The molecule has 0 aliphatic rings. The topological polar surface area (TPSA) is 99.9 Å². The first-order valence-electron chi connectivity index (χ1n) is 10.4. The van der Waals surface area contributed by atoms with Gasteiger partial charge in [-0.05, 0) is 67.1 Å². The average molecular weight is 413 g/mol. The summed E-state index contributed by atoms with van der Waals surface area (Å²) in [5.74, 6) is 0.907. The Morgan fingerprint density at radius 1 is 1.23 bits per heavy atom. The van der Waals surface area contributed by atoms with Crippen molar-refractivity contribution in [3.05, 3.63) is 51.6 Å². The molecule has 1 atom stereocenters. The zero-order valence-corrected chi connectivity index (χ0v) is 18.7. The molecular formula is C22H32N6O2. The summed E-state index contributed by atoms with van der Waals surface area (Å²) in [5, 5.41) is 23.2. The third-order valence-corrected chi connectivity index (χ3v) is 5.26. The van der Waals surface area contributed by atoms with E-state index in [2.05, 4.69) is 60.0 Å². The number of aromatic amines is 1. The summed E-state index contributed by atoms with van der Waals surface area (Å²) in [5.41, 5.74) is 2.18. The highest BCUT2D eigenvalue weighted by molar-refractivity contribution is 5.79. The molecule has 0 spiro atoms. The van der Waals surface area contributed by atoms with Crippen molar-refractivity contribution in [1.82, 2.24) is 30.1 Å². The van der Waals surface area contributed by atoms with Gasteiger partial charge in [0.25, 0.3) is 5.56 Å². The van der Waals surface area contributed by atoms with Gasteiger partial charge in [-0.2, -0.15) is 0 Å². The Bertz CT molecular complexity index is 1060. The number of rotatable bonds is 7. The number of hydrogen-bond donors (Lipinski definition) is 2. The fourth-order valence-corrected chi connectivity index (χ4v) is 3.88. The number of aliphatic hydroxyl groups excluding tert-OH is 1. The molecule has 0 aliphatic carbocycles. The van der Waals surface area contributed by atoms with Gasteiger partial charge in [-0.3, -0.25) is 9.69 Å². The summed E-state index contributed by atoms with van der Waals surface area (Å²) in [4.78, 5) is 17.9. The van der Waals surface area contributed by atoms with Crippen LogP contribution in [0.3, 0.4) is 0 Å². The summed E-state index contributed by atoms with van der Waals surface area (Å²) in [7, 11) is 0. The van der Waals surface area contributed by atoms with Crippen molar-refractivity contribution < 1.29 is 5.11 Å². The highest BCUT2D eigenvalue weighted by Gasteiger charge is 2.32. The molecular weight excluding hydrogens is 380 g/mol. The lowest BCUT2D eigenvalue weighted by atomic mass is 9.99. The third kappa shape index (κ3) is 4.60. The highest BCUT2D eigenvalue weighted by atomic mass is 16.3. The number of benzene rings is 1. The van der Waals surface area contributed by atoms with Gasteiger partial charge < -0.3 is 10.1 Å². The third-order valence-electron chi connectivity index (χ3n) is 5.26. The van der Waals surface area contributed by atoms with E-state index in [1.165, 1.54) is 0 Å². The number of nitrogens with one attached hydrogen (secondary N) is 1. The lowest BCUT2D eigenvalue weighted by Gasteiger charge is -2.34. The molecule has 0 radical (unpaired) electrons. The van der Waals surface area contributed by atoms with E-state index in [-0.39, 0.29) is 29.7 Å². The minimum absolute atomic E-state index is 0.0228. The highest BCUT2D eigenvalue weighted by Crippen LogP contribution is 2.30. The molecule has 8 nitrogen and oxygen atoms in total. The normalized spacial score (nSPS) is 13.5. The van der Waals surface area contributed by atoms with Crippen LogP contribution >= 0.6 is 0 Å². The van der Waals surface area contributed by atoms with Crippen LogP contribution in [-0.4, -0.2) is 48.3 Å². The number of H-pyrrole nitrogens is 1. The predicted octanol–water partition coefficient (Wildman–Crippen LogP) is 2.77. The Hall–Kier alpha value is -2.58. The van der Waals surface area contributed by atoms with Gasteiger partial charge in [0.05, 0.1) is 18.2 Å². The number of aliphatic hydroxyl groups is 1. The van der Waals surface area contributed by atoms with Crippen molar-refractivity contribution in [1.29, 1.82) is 0 Å². The van der Waals surface area contributed by atoms with E-state index in [9.17, 15) is 9.90 Å². The van der Waals surface area contributed by atoms with E-state index in [4.69, 9.17) is 0 Å². The molecule has 0 bridgehead atoms. The Kier molecular flexibility index (Phi) is 6.38. The molecule has 2 N–H and O–H groups in total. The zero-order valence-electron chi connectivity index (χ0n) is 18.7. The molecule has 0 fully saturated rings. The molecule has 0 unspecified atom stereocenters. The lowest BCUT2D eigenvalue weighted by Crippen LogP contribution is -2.39. The van der Waals surface area contributed by atoms with Crippen molar-refractivity contribution in [2.75, 3.05) is 13.2 Å². The number of aromatic nitrogens is 5. The molecule has 0 amide bonds. The van der Waals surface area contributed by atoms with Gasteiger partial charge in [0.15, 0.2) is 5.82 Å². The first-order valence-corrected chi connectivity index (χ1v) is 10.4. The van der Waals surface area contributed by atoms with Gasteiger partial charge in [-0.25, -0.2) is 4.68 Å². The summed E-state index contributed by atoms with van der Waals surface area (Å²) in [6.45, 7) is 13.1. The molecule has 3 aromatic rings. The number of hydrogen-bond acceptors (Lipinski definition) is 6. The second-order valence-corrected chi connectivity index (χ2v) is 9.22. The van der Waals surface area contributed by atoms with E-state index in [0.717, 1.165) is 22.3 Å². The number of nitrogens with zero attached hydrogens (tertiary/aromatic N) is 5. The van der Waals surface area contributed by atoms with Crippen LogP contribution in [0.15, 0.2) is 29.1 Å². The van der Waals surface area contributed by atoms with Crippen molar-refractivity contribution >= 4 is 10.9 Å². The van der Waals surface area contributed by atoms with E-state index < -0.39 is 0 Å². The second kappa shape index (κ2) is 8.65. The molecule has 1 aromatic carbocycles. The molecule has 2 aromatic heterocycles. The Balaban J connectivity index is 2.03. The van der Waals surface area contributed by atoms with Crippen LogP contribution in [0.4, 0.5) is 0 Å². The monoisotopic (exact) mass is 412 g/mol. The summed E-state index contributed by atoms with van der Waals surface area (Å²) in [6.07, 6.45) is 0. The first kappa shape index (κ1) is 22.1. The van der Waals surface area contributed by atoms with Crippen LogP contribution in [0.2, 0.25) is 0 Å². The molecule has 3 rings (SSSR count). The van der Waals surface area contributed by atoms with Gasteiger partial charge in [0.2, 0.25) is 0 Å². The molecule has 8 heteroatoms. The molecule has 0 aliphatic heterocycles. The van der Waals surface area contributed by atoms with Gasteiger partial charge in [-0.15, -0.1) is 5.10 Å². The van der Waals surface area contributed by atoms with Gasteiger partial charge in [-0.1, -0.05) is 26.0 Å². The van der Waals surface area contributed by atoms with Gasteiger partial charge >= 0.3 is 0 Å². The second-order valence-electron chi connectivity index (χ2n) is 9.22. The first-order chi connectivity index (χ1) is 14.1. The Labute approximate surface area is 176 Å². The predicted molar refractivity (Wildman–Crippen MR) is 117 cm³/mol. The summed E-state index contributed by atoms with van der Waals surface area (Å²) in [6, 6.07) is 7.80. The summed E-state index contributed by atoms with van der Waals surface area (Å²) < 4.78 is 1.83. The van der Waals surface area contributed by atoms with Crippen molar-refractivity contribution in [2.45, 2.75) is 59.7 Å². The molecule has 0 saturated heterocycles. The summed E-state index contributed by atoms with van der Waals surface area (Å²) >= 11 is 0. The molecule has 162 valence electrons. The van der Waals surface area contributed by atoms with Gasteiger partial charge in [0, 0.05) is 24.2 Å². The van der Waals surface area contributed by atoms with Crippen LogP contribution < -0.4 is 5.56 Å². The van der Waals surface area contributed by atoms with E-state index in [0.29, 0.717) is 18.7 Å². The maximum Gasteiger partial charge on any atom is 0.252 e. The minimum atomic E-state index is -0.283. The van der Waals surface area contributed by atoms with E-state index >= 15 is 0 Å². The number of pyridine rings is 1. The van der Waals surface area contributed by atoms with Crippen molar-refractivity contribution in [3.8, 4) is 0 Å². The maximum absolute atomic E-state index is 12.8. The van der Waals surface area contributed by atoms with Crippen LogP contribution in [-0.2, 0) is 12.1 Å². The van der Waals surface area contributed by atoms with E-state index in [1.807, 2.05) is 35.9 Å². The van der Waals surface area contributed by atoms with Gasteiger partial charge in [0.1, 0.15) is 0 Å². The molecule has 0 saturated carbocycles. The zero-order chi connectivity index (χ0) is 22.1. The van der Waals surface area contributed by atoms with Crippen LogP contribution in [0.5, 0.6) is 0 Å². The van der Waals surface area contributed by atoms with E-state index in [1.54, 1.807) is 0 Å². The average Bonchev–Trinajstić information content (AvgIpc) is 3.12. The largest absolute Gasteiger partial charge is 0.395 e. The van der Waals surface area contributed by atoms with Crippen LogP contribution in [0, 0.1) is 12.8 Å². The fraction of sp³-hybridized carbons (Fsp3) is 0.545. The number of fused-ring (bicyclic) bond motifs is 1. The van der Waals surface area contributed by atoms with Crippen LogP contribution in [0.25, 0.3) is 10.9 Å². The maximum atomic E-state index is 12.8. The fourth-order valence-electron chi connectivity index (χ4n) is 3.88. The van der Waals surface area contributed by atoms with Crippen molar-refractivity contribution in [2.24, 2.45) is 5.92 Å². The Morgan fingerprint density at radius 2 is 1.97 bits per heavy atom. The minimum Gasteiger partial charge on any atom is -0.395 e. The smallest absolute Gasteiger partial charge is 0.252 e.